The molecule has 1 rings (SSSR count). The highest BCUT2D eigenvalue weighted by atomic mass is 16.3. The van der Waals surface area contributed by atoms with Crippen molar-refractivity contribution in [2.75, 3.05) is 0 Å². The van der Waals surface area contributed by atoms with Gasteiger partial charge in [-0.05, 0) is 18.4 Å². The Bertz CT molecular complexity index is 310. The summed E-state index contributed by atoms with van der Waals surface area (Å²) in [5.41, 5.74) is 1.24. The quantitative estimate of drug-likeness (QED) is 0.728. The smallest absolute Gasteiger partial charge is 0.117 e. The molecule has 15 heavy (non-hydrogen) atoms. The molecule has 0 aliphatic carbocycles. The van der Waals surface area contributed by atoms with Crippen LogP contribution in [-0.4, -0.2) is 11.2 Å². The van der Waals surface area contributed by atoms with Crippen molar-refractivity contribution in [3.8, 4) is 12.3 Å². The highest BCUT2D eigenvalue weighted by Crippen LogP contribution is 2.17. The second-order valence-electron chi connectivity index (χ2n) is 3.85. The Morgan fingerprint density at radius 1 is 1.33 bits per heavy atom. The standard InChI is InChI=1S/C14H18O/c1-3-8-13(14(15)4-2)11-12-9-6-5-7-10-12/h2,5-7,9-10,13-15H,3,8,11H2,1H3. The van der Waals surface area contributed by atoms with Crippen LogP contribution >= 0.6 is 0 Å². The van der Waals surface area contributed by atoms with Crippen molar-refractivity contribution in [1.82, 2.24) is 0 Å². The van der Waals surface area contributed by atoms with E-state index in [0.717, 1.165) is 19.3 Å². The Balaban J connectivity index is 2.63. The van der Waals surface area contributed by atoms with Gasteiger partial charge in [-0.3, -0.25) is 0 Å². The Morgan fingerprint density at radius 3 is 2.53 bits per heavy atom. The molecule has 2 unspecified atom stereocenters. The zero-order valence-corrected chi connectivity index (χ0v) is 9.19. The van der Waals surface area contributed by atoms with E-state index in [0.29, 0.717) is 0 Å². The van der Waals surface area contributed by atoms with Gasteiger partial charge in [-0.15, -0.1) is 6.42 Å². The molecular formula is C14H18O. The van der Waals surface area contributed by atoms with Crippen molar-refractivity contribution in [2.24, 2.45) is 5.92 Å². The van der Waals surface area contributed by atoms with Crippen LogP contribution in [0.3, 0.4) is 0 Å². The minimum atomic E-state index is -0.620. The topological polar surface area (TPSA) is 20.2 Å². The first-order valence-corrected chi connectivity index (χ1v) is 5.46. The first-order valence-electron chi connectivity index (χ1n) is 5.46. The lowest BCUT2D eigenvalue weighted by Gasteiger charge is -2.18. The maximum atomic E-state index is 9.67. The summed E-state index contributed by atoms with van der Waals surface area (Å²) in [6.07, 6.45) is 7.52. The summed E-state index contributed by atoms with van der Waals surface area (Å²) in [5.74, 6) is 2.61. The molecule has 2 atom stereocenters. The second kappa shape index (κ2) is 6.27. The fourth-order valence-corrected chi connectivity index (χ4v) is 1.80. The van der Waals surface area contributed by atoms with E-state index in [1.165, 1.54) is 5.56 Å². The molecule has 1 aromatic carbocycles. The van der Waals surface area contributed by atoms with Crippen LogP contribution in [-0.2, 0) is 6.42 Å². The maximum Gasteiger partial charge on any atom is 0.117 e. The largest absolute Gasteiger partial charge is 0.380 e. The lowest BCUT2D eigenvalue weighted by atomic mass is 9.90. The zero-order valence-electron chi connectivity index (χ0n) is 9.19. The third kappa shape index (κ3) is 3.77. The molecule has 0 fully saturated rings. The minimum Gasteiger partial charge on any atom is -0.380 e. The molecule has 1 aromatic rings. The molecule has 0 radical (unpaired) electrons. The predicted molar refractivity (Wildman–Crippen MR) is 63.4 cm³/mol. The van der Waals surface area contributed by atoms with Crippen molar-refractivity contribution in [3.05, 3.63) is 35.9 Å². The van der Waals surface area contributed by atoms with Crippen LogP contribution in [0.1, 0.15) is 25.3 Å². The number of terminal acetylenes is 1. The van der Waals surface area contributed by atoms with Crippen LogP contribution in [0.25, 0.3) is 0 Å². The molecule has 0 saturated carbocycles. The van der Waals surface area contributed by atoms with Gasteiger partial charge in [0.25, 0.3) is 0 Å². The molecule has 1 heteroatoms. The van der Waals surface area contributed by atoms with Crippen LogP contribution in [0.2, 0.25) is 0 Å². The van der Waals surface area contributed by atoms with Crippen LogP contribution in [0.4, 0.5) is 0 Å². The fourth-order valence-electron chi connectivity index (χ4n) is 1.80. The van der Waals surface area contributed by atoms with Gasteiger partial charge in [0.1, 0.15) is 6.10 Å². The summed E-state index contributed by atoms with van der Waals surface area (Å²) in [7, 11) is 0. The van der Waals surface area contributed by atoms with E-state index in [4.69, 9.17) is 6.42 Å². The van der Waals surface area contributed by atoms with E-state index in [1.54, 1.807) is 0 Å². The Kier molecular flexibility index (Phi) is 4.93. The van der Waals surface area contributed by atoms with Gasteiger partial charge in [-0.2, -0.15) is 0 Å². The molecule has 1 nitrogen and oxygen atoms in total. The van der Waals surface area contributed by atoms with Gasteiger partial charge in [0.2, 0.25) is 0 Å². The molecule has 0 aliphatic heterocycles. The van der Waals surface area contributed by atoms with Gasteiger partial charge in [-0.1, -0.05) is 49.6 Å². The number of aliphatic hydroxyl groups excluding tert-OH is 1. The lowest BCUT2D eigenvalue weighted by molar-refractivity contribution is 0.154. The van der Waals surface area contributed by atoms with E-state index in [1.807, 2.05) is 18.2 Å². The van der Waals surface area contributed by atoms with Crippen molar-refractivity contribution in [3.63, 3.8) is 0 Å². The van der Waals surface area contributed by atoms with Crippen LogP contribution in [0.5, 0.6) is 0 Å². The first kappa shape index (κ1) is 11.8. The number of hydrogen-bond donors (Lipinski definition) is 1. The first-order chi connectivity index (χ1) is 7.27. The molecule has 0 spiro atoms. The molecule has 0 bridgehead atoms. The summed E-state index contributed by atoms with van der Waals surface area (Å²) >= 11 is 0. The van der Waals surface area contributed by atoms with Gasteiger partial charge in [0.05, 0.1) is 0 Å². The van der Waals surface area contributed by atoms with Crippen LogP contribution in [0.15, 0.2) is 30.3 Å². The highest BCUT2D eigenvalue weighted by molar-refractivity contribution is 5.16. The lowest BCUT2D eigenvalue weighted by Crippen LogP contribution is -2.20. The summed E-state index contributed by atoms with van der Waals surface area (Å²) in [6.45, 7) is 2.11. The molecule has 80 valence electrons. The van der Waals surface area contributed by atoms with Crippen molar-refractivity contribution >= 4 is 0 Å². The number of rotatable bonds is 5. The highest BCUT2D eigenvalue weighted by Gasteiger charge is 2.16. The van der Waals surface area contributed by atoms with E-state index in [9.17, 15) is 5.11 Å². The van der Waals surface area contributed by atoms with Crippen LogP contribution in [0, 0.1) is 18.3 Å². The number of hydrogen-bond acceptors (Lipinski definition) is 1. The summed E-state index contributed by atoms with van der Waals surface area (Å²) in [4.78, 5) is 0. The monoisotopic (exact) mass is 202 g/mol. The Morgan fingerprint density at radius 2 is 2.00 bits per heavy atom. The second-order valence-corrected chi connectivity index (χ2v) is 3.85. The summed E-state index contributed by atoms with van der Waals surface area (Å²) in [5, 5.41) is 9.67. The Hall–Kier alpha value is -1.26. The Labute approximate surface area is 92.1 Å². The van der Waals surface area contributed by atoms with Crippen molar-refractivity contribution in [2.45, 2.75) is 32.3 Å². The van der Waals surface area contributed by atoms with Crippen LogP contribution < -0.4 is 0 Å². The minimum absolute atomic E-state index is 0.183. The molecule has 0 aromatic heterocycles. The SMILES string of the molecule is C#CC(O)C(CCC)Cc1ccccc1. The molecule has 0 saturated heterocycles. The van der Waals surface area contributed by atoms with E-state index in [-0.39, 0.29) is 5.92 Å². The predicted octanol–water partition coefficient (Wildman–Crippen LogP) is 2.64. The summed E-state index contributed by atoms with van der Waals surface area (Å²) in [6, 6.07) is 10.2. The normalized spacial score (nSPS) is 14.2. The molecule has 0 aliphatic rings. The number of benzene rings is 1. The zero-order chi connectivity index (χ0) is 11.1. The van der Waals surface area contributed by atoms with Gasteiger partial charge in [-0.25, -0.2) is 0 Å². The number of aliphatic hydroxyl groups is 1. The third-order valence-corrected chi connectivity index (χ3v) is 2.62. The van der Waals surface area contributed by atoms with Gasteiger partial charge in [0.15, 0.2) is 0 Å². The molecule has 0 heterocycles. The van der Waals surface area contributed by atoms with Gasteiger partial charge < -0.3 is 5.11 Å². The van der Waals surface area contributed by atoms with E-state index >= 15 is 0 Å². The van der Waals surface area contributed by atoms with Gasteiger partial charge in [0, 0.05) is 5.92 Å². The maximum absolute atomic E-state index is 9.67. The van der Waals surface area contributed by atoms with E-state index < -0.39 is 6.10 Å². The average Bonchev–Trinajstić information content (AvgIpc) is 2.29. The average molecular weight is 202 g/mol. The van der Waals surface area contributed by atoms with Gasteiger partial charge >= 0.3 is 0 Å². The molecule has 1 N–H and O–H groups in total. The molecular weight excluding hydrogens is 184 g/mol. The third-order valence-electron chi connectivity index (χ3n) is 2.62. The van der Waals surface area contributed by atoms with Crippen molar-refractivity contribution < 1.29 is 5.11 Å². The summed E-state index contributed by atoms with van der Waals surface area (Å²) < 4.78 is 0. The fraction of sp³-hybridized carbons (Fsp3) is 0.429. The van der Waals surface area contributed by atoms with E-state index in [2.05, 4.69) is 25.0 Å². The van der Waals surface area contributed by atoms with Crippen molar-refractivity contribution in [1.29, 1.82) is 0 Å². The molecule has 0 amide bonds.